The van der Waals surface area contributed by atoms with Crippen LogP contribution in [-0.4, -0.2) is 88.4 Å². The predicted octanol–water partition coefficient (Wildman–Crippen LogP) is 1.57. The Morgan fingerprint density at radius 3 is 2.80 bits per heavy atom. The van der Waals surface area contributed by atoms with Crippen molar-refractivity contribution in [2.75, 3.05) is 55.8 Å². The average Bonchev–Trinajstić information content (AvgIpc) is 3.55. The van der Waals surface area contributed by atoms with Gasteiger partial charge < -0.3 is 15.1 Å². The van der Waals surface area contributed by atoms with Crippen LogP contribution in [0.4, 0.5) is 5.82 Å². The maximum absolute atomic E-state index is 12.8. The summed E-state index contributed by atoms with van der Waals surface area (Å²) in [6.45, 7) is 6.52. The third-order valence-corrected chi connectivity index (χ3v) is 7.13. The van der Waals surface area contributed by atoms with Crippen molar-refractivity contribution in [1.82, 2.24) is 24.9 Å². The fourth-order valence-electron chi connectivity index (χ4n) is 4.52. The number of benzene rings is 1. The van der Waals surface area contributed by atoms with Crippen LogP contribution in [0.1, 0.15) is 14.9 Å². The first-order valence-corrected chi connectivity index (χ1v) is 11.8. The summed E-state index contributed by atoms with van der Waals surface area (Å²) in [5, 5.41) is 8.00. The van der Waals surface area contributed by atoms with Gasteiger partial charge >= 0.3 is 0 Å². The zero-order valence-corrected chi connectivity index (χ0v) is 18.2. The molecule has 1 aromatic carbocycles. The average molecular weight is 429 g/mol. The molecule has 1 aromatic heterocycles. The van der Waals surface area contributed by atoms with Gasteiger partial charge in [-0.25, -0.2) is 4.68 Å². The summed E-state index contributed by atoms with van der Waals surface area (Å²) >= 11 is 1.80. The zero-order chi connectivity index (χ0) is 22.3. The smallest absolute Gasteiger partial charge is 0.240 e. The highest BCUT2D eigenvalue weighted by molar-refractivity contribution is 7.99. The maximum atomic E-state index is 12.8. The van der Waals surface area contributed by atoms with Crippen LogP contribution in [0.15, 0.2) is 36.4 Å². The molecule has 7 nitrogen and oxygen atoms in total. The van der Waals surface area contributed by atoms with Crippen molar-refractivity contribution in [3.63, 3.8) is 0 Å². The lowest BCUT2D eigenvalue weighted by molar-refractivity contribution is -0.131. The van der Waals surface area contributed by atoms with Gasteiger partial charge in [0.15, 0.2) is 0 Å². The molecule has 4 heterocycles. The first-order valence-electron chi connectivity index (χ1n) is 11.7. The molecule has 8 heteroatoms. The van der Waals surface area contributed by atoms with Crippen LogP contribution >= 0.6 is 11.8 Å². The number of nitrogens with one attached hydrogen (secondary N) is 1. The molecule has 0 spiro atoms. The normalized spacial score (nSPS) is 28.6. The minimum atomic E-state index is -0.737. The molecule has 2 atom stereocenters. The number of aromatic nitrogens is 2. The topological polar surface area (TPSA) is 56.6 Å². The largest absolute Gasteiger partial charge is 0.354 e. The molecule has 1 amide bonds. The molecule has 3 aliphatic heterocycles. The quantitative estimate of drug-likeness (QED) is 0.798. The Bertz CT molecular complexity index is 971. The second kappa shape index (κ2) is 8.61. The molecule has 0 radical (unpaired) electrons. The Balaban J connectivity index is 1.24. The SMILES string of the molecule is [2H]c1ccc(-n2nc(C)cc2N2CCN(C3([2H])CNC(C(=O)N4CCSC4)C3)CC2)cc1. The van der Waals surface area contributed by atoms with E-state index in [2.05, 4.69) is 26.3 Å². The van der Waals surface area contributed by atoms with Crippen LogP contribution in [0.2, 0.25) is 0 Å². The van der Waals surface area contributed by atoms with Gasteiger partial charge in [0.1, 0.15) is 5.82 Å². The standard InChI is InChI=1S/C22H30N6OS/c1-17-13-21(28(24-17)18-5-3-2-4-6-18)26-9-7-25(8-10-26)19-14-20(23-15-19)22(29)27-11-12-30-16-27/h2-6,13,19-20,23H,7-12,14-16H2,1H3/i2D,19D. The van der Waals surface area contributed by atoms with E-state index < -0.39 is 6.02 Å². The van der Waals surface area contributed by atoms with E-state index >= 15 is 0 Å². The van der Waals surface area contributed by atoms with E-state index in [1.807, 2.05) is 28.6 Å². The van der Waals surface area contributed by atoms with Crippen molar-refractivity contribution in [2.45, 2.75) is 25.4 Å². The summed E-state index contributed by atoms with van der Waals surface area (Å²) in [5.41, 5.74) is 1.90. The van der Waals surface area contributed by atoms with Crippen molar-refractivity contribution < 1.29 is 7.54 Å². The monoisotopic (exact) mass is 428 g/mol. The summed E-state index contributed by atoms with van der Waals surface area (Å²) in [7, 11) is 0. The molecular formula is C22H30N6OS. The zero-order valence-electron chi connectivity index (χ0n) is 19.4. The van der Waals surface area contributed by atoms with Gasteiger partial charge in [-0.2, -0.15) is 5.10 Å². The number of rotatable bonds is 4. The van der Waals surface area contributed by atoms with E-state index in [0.717, 1.165) is 61.6 Å². The number of nitrogens with zero attached hydrogens (tertiary/aromatic N) is 5. The summed E-state index contributed by atoms with van der Waals surface area (Å²) in [4.78, 5) is 19.2. The molecule has 0 bridgehead atoms. The Labute approximate surface area is 185 Å². The van der Waals surface area contributed by atoms with Crippen molar-refractivity contribution in [3.8, 4) is 5.69 Å². The van der Waals surface area contributed by atoms with E-state index in [-0.39, 0.29) is 11.9 Å². The second-order valence-corrected chi connectivity index (χ2v) is 9.21. The Hall–Kier alpha value is -2.03. The number of thioether (sulfide) groups is 1. The third-order valence-electron chi connectivity index (χ3n) is 6.16. The molecule has 0 aliphatic carbocycles. The molecule has 5 rings (SSSR count). The number of para-hydroxylation sites is 1. The van der Waals surface area contributed by atoms with E-state index in [0.29, 0.717) is 19.0 Å². The maximum Gasteiger partial charge on any atom is 0.240 e. The molecule has 1 N–H and O–H groups in total. The Kier molecular flexibility index (Phi) is 5.06. The second-order valence-electron chi connectivity index (χ2n) is 8.13. The van der Waals surface area contributed by atoms with E-state index in [4.69, 9.17) is 2.74 Å². The summed E-state index contributed by atoms with van der Waals surface area (Å²) < 4.78 is 18.7. The first-order chi connectivity index (χ1) is 15.4. The Morgan fingerprint density at radius 2 is 2.07 bits per heavy atom. The van der Waals surface area contributed by atoms with Gasteiger partial charge in [0.25, 0.3) is 0 Å². The number of hydrogen-bond donors (Lipinski definition) is 1. The van der Waals surface area contributed by atoms with Gasteiger partial charge in [0.2, 0.25) is 5.91 Å². The summed E-state index contributed by atoms with van der Waals surface area (Å²) in [6.07, 6.45) is 0.545. The minimum Gasteiger partial charge on any atom is -0.354 e. The number of amides is 1. The highest BCUT2D eigenvalue weighted by atomic mass is 32.2. The van der Waals surface area contributed by atoms with Crippen LogP contribution in [0.5, 0.6) is 0 Å². The van der Waals surface area contributed by atoms with Crippen LogP contribution in [0.25, 0.3) is 5.69 Å². The lowest BCUT2D eigenvalue weighted by Gasteiger charge is -2.38. The van der Waals surface area contributed by atoms with Crippen LogP contribution < -0.4 is 10.2 Å². The Morgan fingerprint density at radius 1 is 1.27 bits per heavy atom. The van der Waals surface area contributed by atoms with E-state index in [1.165, 1.54) is 0 Å². The van der Waals surface area contributed by atoms with Crippen molar-refractivity contribution in [1.29, 1.82) is 0 Å². The molecule has 160 valence electrons. The number of piperazine rings is 1. The third kappa shape index (κ3) is 3.96. The molecule has 2 aromatic rings. The van der Waals surface area contributed by atoms with Crippen LogP contribution in [0.3, 0.4) is 0 Å². The highest BCUT2D eigenvalue weighted by Crippen LogP contribution is 2.25. The molecule has 0 saturated carbocycles. The fourth-order valence-corrected chi connectivity index (χ4v) is 5.47. The van der Waals surface area contributed by atoms with Crippen LogP contribution in [0, 0.1) is 6.92 Å². The molecule has 30 heavy (non-hydrogen) atoms. The van der Waals surface area contributed by atoms with Crippen molar-refractivity contribution >= 4 is 23.5 Å². The van der Waals surface area contributed by atoms with Crippen LogP contribution in [-0.2, 0) is 4.79 Å². The van der Waals surface area contributed by atoms with Crippen molar-refractivity contribution in [3.05, 3.63) is 42.1 Å². The van der Waals surface area contributed by atoms with Gasteiger partial charge in [-0.05, 0) is 25.5 Å². The lowest BCUT2D eigenvalue weighted by Crippen LogP contribution is -2.51. The molecule has 3 aliphatic rings. The number of carbonyl (C=O) groups is 1. The van der Waals surface area contributed by atoms with Crippen molar-refractivity contribution in [2.24, 2.45) is 0 Å². The lowest BCUT2D eigenvalue weighted by atomic mass is 10.1. The van der Waals surface area contributed by atoms with Gasteiger partial charge in [-0.15, -0.1) is 11.8 Å². The van der Waals surface area contributed by atoms with Gasteiger partial charge in [0.05, 0.1) is 24.7 Å². The fraction of sp³-hybridized carbons (Fsp3) is 0.545. The number of carbonyl (C=O) groups excluding carboxylic acids is 1. The van der Waals surface area contributed by atoms with Gasteiger partial charge in [-0.1, -0.05) is 18.2 Å². The molecule has 3 saturated heterocycles. The summed E-state index contributed by atoms with van der Waals surface area (Å²) in [5.74, 6) is 2.98. The highest BCUT2D eigenvalue weighted by Gasteiger charge is 2.36. The molecule has 3 fully saturated rings. The minimum absolute atomic E-state index is 0.154. The molecular weight excluding hydrogens is 396 g/mol. The van der Waals surface area contributed by atoms with E-state index in [9.17, 15) is 4.79 Å². The number of hydrogen-bond acceptors (Lipinski definition) is 6. The molecule has 2 unspecified atom stereocenters. The number of anilines is 1. The van der Waals surface area contributed by atoms with Gasteiger partial charge in [-0.3, -0.25) is 9.69 Å². The number of aryl methyl sites for hydroxylation is 1. The predicted molar refractivity (Wildman–Crippen MR) is 121 cm³/mol. The first kappa shape index (κ1) is 17.6. The van der Waals surface area contributed by atoms with Gasteiger partial charge in [0, 0.05) is 58.5 Å². The van der Waals surface area contributed by atoms with E-state index in [1.54, 1.807) is 23.9 Å². The summed E-state index contributed by atoms with van der Waals surface area (Å²) in [6, 6.07) is 9.01.